The molecule has 0 aliphatic carbocycles. The molecule has 28 heavy (non-hydrogen) atoms. The van der Waals surface area contributed by atoms with E-state index in [2.05, 4.69) is 22.1 Å². The van der Waals surface area contributed by atoms with Crippen LogP contribution in [0.25, 0.3) is 11.4 Å². The summed E-state index contributed by atoms with van der Waals surface area (Å²) in [6.07, 6.45) is 1.73. The molecule has 0 atom stereocenters. The lowest BCUT2D eigenvalue weighted by molar-refractivity contribution is -0.113. The summed E-state index contributed by atoms with van der Waals surface area (Å²) in [5.74, 6) is -1.61. The normalized spacial score (nSPS) is 10.7. The molecule has 0 saturated carbocycles. The number of amides is 1. The van der Waals surface area contributed by atoms with E-state index in [-0.39, 0.29) is 17.3 Å². The number of carbonyl (C=O) groups excluding carboxylic acids is 1. The molecule has 1 amide bonds. The molecule has 8 heteroatoms. The van der Waals surface area contributed by atoms with Crippen LogP contribution in [0.1, 0.15) is 5.56 Å². The summed E-state index contributed by atoms with van der Waals surface area (Å²) in [5.41, 5.74) is 2.25. The molecule has 5 nitrogen and oxygen atoms in total. The first-order valence-electron chi connectivity index (χ1n) is 8.46. The third-order valence-corrected chi connectivity index (χ3v) is 4.84. The Kier molecular flexibility index (Phi) is 6.20. The van der Waals surface area contributed by atoms with Crippen molar-refractivity contribution in [3.05, 3.63) is 72.3 Å². The Bertz CT molecular complexity index is 1000. The number of halogens is 2. The van der Waals surface area contributed by atoms with Crippen LogP contribution >= 0.6 is 11.8 Å². The number of allylic oxidation sites excluding steroid dienone is 1. The molecule has 144 valence electrons. The molecule has 0 aliphatic heterocycles. The van der Waals surface area contributed by atoms with E-state index < -0.39 is 11.6 Å². The number of hydrogen-bond donors (Lipinski definition) is 1. The van der Waals surface area contributed by atoms with Gasteiger partial charge in [0.25, 0.3) is 0 Å². The first-order valence-corrected chi connectivity index (χ1v) is 9.45. The third-order valence-electron chi connectivity index (χ3n) is 3.87. The van der Waals surface area contributed by atoms with Crippen LogP contribution in [0.3, 0.4) is 0 Å². The molecule has 1 aromatic heterocycles. The topological polar surface area (TPSA) is 59.8 Å². The molecule has 3 rings (SSSR count). The van der Waals surface area contributed by atoms with Crippen molar-refractivity contribution in [3.8, 4) is 11.4 Å². The number of benzene rings is 2. The third kappa shape index (κ3) is 4.64. The molecule has 3 aromatic rings. The van der Waals surface area contributed by atoms with Crippen LogP contribution < -0.4 is 5.32 Å². The van der Waals surface area contributed by atoms with Crippen molar-refractivity contribution in [1.82, 2.24) is 14.8 Å². The van der Waals surface area contributed by atoms with Gasteiger partial charge in [0.05, 0.1) is 5.75 Å². The van der Waals surface area contributed by atoms with Crippen LogP contribution in [0.2, 0.25) is 0 Å². The summed E-state index contributed by atoms with van der Waals surface area (Å²) >= 11 is 1.20. The van der Waals surface area contributed by atoms with E-state index in [1.165, 1.54) is 17.8 Å². The Morgan fingerprint density at radius 1 is 1.18 bits per heavy atom. The highest BCUT2D eigenvalue weighted by molar-refractivity contribution is 7.99. The Hall–Kier alpha value is -3.00. The van der Waals surface area contributed by atoms with Crippen LogP contribution in [0.15, 0.2) is 60.3 Å². The van der Waals surface area contributed by atoms with Gasteiger partial charge in [0.2, 0.25) is 5.91 Å². The largest absolute Gasteiger partial charge is 0.325 e. The van der Waals surface area contributed by atoms with E-state index >= 15 is 0 Å². The number of nitrogens with zero attached hydrogens (tertiary/aromatic N) is 3. The predicted octanol–water partition coefficient (Wildman–Crippen LogP) is 4.45. The van der Waals surface area contributed by atoms with Crippen molar-refractivity contribution < 1.29 is 13.6 Å². The van der Waals surface area contributed by atoms with Gasteiger partial charge in [0.15, 0.2) is 22.6 Å². The summed E-state index contributed by atoms with van der Waals surface area (Å²) in [6.45, 7) is 6.26. The van der Waals surface area contributed by atoms with Gasteiger partial charge in [0.1, 0.15) is 0 Å². The molecular formula is C20H18F2N4OS. The maximum absolute atomic E-state index is 13.2. The summed E-state index contributed by atoms with van der Waals surface area (Å²) in [4.78, 5) is 12.1. The molecule has 0 aliphatic rings. The lowest BCUT2D eigenvalue weighted by Gasteiger charge is -2.08. The lowest BCUT2D eigenvalue weighted by Crippen LogP contribution is -2.15. The van der Waals surface area contributed by atoms with Gasteiger partial charge in [-0.1, -0.05) is 47.7 Å². The average molecular weight is 400 g/mol. The Morgan fingerprint density at radius 3 is 2.61 bits per heavy atom. The molecule has 2 aromatic carbocycles. The van der Waals surface area contributed by atoms with E-state index in [9.17, 15) is 13.6 Å². The number of rotatable bonds is 7. The summed E-state index contributed by atoms with van der Waals surface area (Å²) in [7, 11) is 0. The minimum Gasteiger partial charge on any atom is -0.325 e. The number of hydrogen-bond acceptors (Lipinski definition) is 4. The molecular weight excluding hydrogens is 382 g/mol. The van der Waals surface area contributed by atoms with Crippen molar-refractivity contribution in [2.75, 3.05) is 11.1 Å². The van der Waals surface area contributed by atoms with Gasteiger partial charge in [-0.3, -0.25) is 9.36 Å². The molecule has 0 spiro atoms. The molecule has 0 saturated heterocycles. The average Bonchev–Trinajstić information content (AvgIpc) is 3.07. The highest BCUT2D eigenvalue weighted by Gasteiger charge is 2.15. The van der Waals surface area contributed by atoms with Crippen molar-refractivity contribution in [2.24, 2.45) is 0 Å². The Balaban J connectivity index is 1.71. The number of carbonyl (C=O) groups is 1. The minimum absolute atomic E-state index is 0.0438. The van der Waals surface area contributed by atoms with Crippen LogP contribution in [0.4, 0.5) is 14.5 Å². The van der Waals surface area contributed by atoms with Gasteiger partial charge >= 0.3 is 0 Å². The van der Waals surface area contributed by atoms with E-state index in [0.717, 1.165) is 23.3 Å². The maximum Gasteiger partial charge on any atom is 0.234 e. The standard InChI is InChI=1S/C20H18F2N4OS/c1-3-10-26-19(14-6-4-13(2)5-7-14)24-25-20(26)28-12-18(27)23-15-8-9-16(21)17(22)11-15/h3-9,11H,1,10,12H2,2H3,(H,23,27). The van der Waals surface area contributed by atoms with Crippen LogP contribution in [-0.2, 0) is 11.3 Å². The lowest BCUT2D eigenvalue weighted by atomic mass is 10.1. The predicted molar refractivity (Wildman–Crippen MR) is 106 cm³/mol. The smallest absolute Gasteiger partial charge is 0.234 e. The molecule has 0 radical (unpaired) electrons. The van der Waals surface area contributed by atoms with Crippen LogP contribution in [0.5, 0.6) is 0 Å². The zero-order valence-corrected chi connectivity index (χ0v) is 16.0. The van der Waals surface area contributed by atoms with Gasteiger partial charge < -0.3 is 5.32 Å². The number of aromatic nitrogens is 3. The molecule has 0 fully saturated rings. The number of thioether (sulfide) groups is 1. The zero-order chi connectivity index (χ0) is 20.1. The molecule has 1 heterocycles. The summed E-state index contributed by atoms with van der Waals surface area (Å²) in [6, 6.07) is 11.1. The minimum atomic E-state index is -1.01. The quantitative estimate of drug-likeness (QED) is 0.470. The summed E-state index contributed by atoms with van der Waals surface area (Å²) in [5, 5.41) is 11.5. The van der Waals surface area contributed by atoms with Gasteiger partial charge in [-0.25, -0.2) is 8.78 Å². The molecule has 0 bridgehead atoms. The molecule has 0 unspecified atom stereocenters. The highest BCUT2D eigenvalue weighted by atomic mass is 32.2. The van der Waals surface area contributed by atoms with Gasteiger partial charge in [-0.05, 0) is 19.1 Å². The Labute approximate surface area is 165 Å². The monoisotopic (exact) mass is 400 g/mol. The highest BCUT2D eigenvalue weighted by Crippen LogP contribution is 2.24. The van der Waals surface area contributed by atoms with Crippen molar-refractivity contribution >= 4 is 23.4 Å². The fourth-order valence-electron chi connectivity index (χ4n) is 2.51. The van der Waals surface area contributed by atoms with Gasteiger partial charge in [0, 0.05) is 23.9 Å². The SMILES string of the molecule is C=CCn1c(SCC(=O)Nc2ccc(F)c(F)c2)nnc1-c1ccc(C)cc1. The van der Waals surface area contributed by atoms with E-state index in [1.807, 2.05) is 35.8 Å². The zero-order valence-electron chi connectivity index (χ0n) is 15.2. The fourth-order valence-corrected chi connectivity index (χ4v) is 3.25. The van der Waals surface area contributed by atoms with E-state index in [1.54, 1.807) is 6.08 Å². The molecule has 1 N–H and O–H groups in total. The van der Waals surface area contributed by atoms with Crippen LogP contribution in [0, 0.1) is 18.6 Å². The second-order valence-corrected chi connectivity index (χ2v) is 6.98. The van der Waals surface area contributed by atoms with Crippen LogP contribution in [-0.4, -0.2) is 26.4 Å². The number of anilines is 1. The first kappa shape index (κ1) is 19.8. The fraction of sp³-hybridized carbons (Fsp3) is 0.150. The van der Waals surface area contributed by atoms with E-state index in [4.69, 9.17) is 0 Å². The van der Waals surface area contributed by atoms with Gasteiger partial charge in [-0.15, -0.1) is 16.8 Å². The van der Waals surface area contributed by atoms with Crippen molar-refractivity contribution in [3.63, 3.8) is 0 Å². The van der Waals surface area contributed by atoms with E-state index in [0.29, 0.717) is 17.5 Å². The van der Waals surface area contributed by atoms with Gasteiger partial charge in [-0.2, -0.15) is 0 Å². The second kappa shape index (κ2) is 8.79. The number of nitrogens with one attached hydrogen (secondary N) is 1. The second-order valence-electron chi connectivity index (χ2n) is 6.04. The maximum atomic E-state index is 13.2. The van der Waals surface area contributed by atoms with Crippen molar-refractivity contribution in [2.45, 2.75) is 18.6 Å². The number of aryl methyl sites for hydroxylation is 1. The first-order chi connectivity index (χ1) is 13.5. The Morgan fingerprint density at radius 2 is 1.93 bits per heavy atom. The summed E-state index contributed by atoms with van der Waals surface area (Å²) < 4.78 is 28.1. The van der Waals surface area contributed by atoms with Crippen molar-refractivity contribution in [1.29, 1.82) is 0 Å².